The first-order chi connectivity index (χ1) is 19.8. The third kappa shape index (κ3) is 6.07. The Hall–Kier alpha value is -3.93. The van der Waals surface area contributed by atoms with Crippen LogP contribution in [0.5, 0.6) is 28.7 Å². The summed E-state index contributed by atoms with van der Waals surface area (Å²) >= 11 is 0. The van der Waals surface area contributed by atoms with Crippen molar-refractivity contribution in [2.75, 3.05) is 28.4 Å². The van der Waals surface area contributed by atoms with Gasteiger partial charge in [0, 0.05) is 10.6 Å². The zero-order valence-corrected chi connectivity index (χ0v) is 25.1. The summed E-state index contributed by atoms with van der Waals surface area (Å²) in [5.74, 6) is 2.21. The second kappa shape index (κ2) is 13.2. The maximum atomic E-state index is 15.7. The molecule has 0 aromatic heterocycles. The average molecular weight is 577 g/mol. The van der Waals surface area contributed by atoms with Crippen molar-refractivity contribution in [3.8, 4) is 28.7 Å². The van der Waals surface area contributed by atoms with E-state index in [4.69, 9.17) is 23.7 Å². The first-order valence-electron chi connectivity index (χ1n) is 13.3. The summed E-state index contributed by atoms with van der Waals surface area (Å²) in [6, 6.07) is 27.3. The fourth-order valence-corrected chi connectivity index (χ4v) is 8.35. The molecule has 1 N–H and O–H groups in total. The molecule has 216 valence electrons. The van der Waals surface area contributed by atoms with Crippen LogP contribution in [0.1, 0.15) is 36.7 Å². The standard InChI is InChI=1S/C33H37O7P/c1-22(2)40-28-19-23(17-18-27(28)36-3)31(34)33(24-20-29(37-4)32(39-6)30(21-24)38-5)41(35,25-13-9-7-10-14-25)26-15-11-8-12-16-26/h7-22,31,33-34H,1-6H3/t31-,33+/m1/s1. The van der Waals surface area contributed by atoms with Crippen molar-refractivity contribution in [2.45, 2.75) is 31.7 Å². The van der Waals surface area contributed by atoms with Gasteiger partial charge in [0.05, 0.1) is 46.3 Å². The van der Waals surface area contributed by atoms with Gasteiger partial charge in [-0.3, -0.25) is 0 Å². The minimum Gasteiger partial charge on any atom is -0.493 e. The Kier molecular flexibility index (Phi) is 9.64. The first-order valence-corrected chi connectivity index (χ1v) is 15.1. The molecular formula is C33H37O7P. The van der Waals surface area contributed by atoms with E-state index in [9.17, 15) is 5.11 Å². The Morgan fingerprint density at radius 1 is 0.610 bits per heavy atom. The third-order valence-corrected chi connectivity index (χ3v) is 10.4. The van der Waals surface area contributed by atoms with Gasteiger partial charge in [-0.05, 0) is 49.2 Å². The Labute approximate surface area is 242 Å². The van der Waals surface area contributed by atoms with Crippen LogP contribution in [-0.4, -0.2) is 39.6 Å². The smallest absolute Gasteiger partial charge is 0.203 e. The molecule has 0 amide bonds. The second-order valence-corrected chi connectivity index (χ2v) is 12.7. The molecule has 0 heterocycles. The van der Waals surface area contributed by atoms with E-state index in [2.05, 4.69) is 0 Å². The number of hydrogen-bond donors (Lipinski definition) is 1. The van der Waals surface area contributed by atoms with E-state index in [0.717, 1.165) is 0 Å². The zero-order chi connectivity index (χ0) is 29.6. The molecular weight excluding hydrogens is 539 g/mol. The molecule has 0 aliphatic rings. The maximum absolute atomic E-state index is 15.7. The Bertz CT molecular complexity index is 1420. The lowest BCUT2D eigenvalue weighted by atomic mass is 9.99. The Morgan fingerprint density at radius 3 is 1.54 bits per heavy atom. The van der Waals surface area contributed by atoms with Gasteiger partial charge in [-0.2, -0.15) is 0 Å². The van der Waals surface area contributed by atoms with Crippen molar-refractivity contribution in [2.24, 2.45) is 0 Å². The lowest BCUT2D eigenvalue weighted by molar-refractivity contribution is 0.169. The second-order valence-electron chi connectivity index (χ2n) is 9.75. The van der Waals surface area contributed by atoms with Gasteiger partial charge in [0.15, 0.2) is 30.1 Å². The highest BCUT2D eigenvalue weighted by atomic mass is 31.2. The van der Waals surface area contributed by atoms with Crippen molar-refractivity contribution >= 4 is 17.8 Å². The summed E-state index contributed by atoms with van der Waals surface area (Å²) in [4.78, 5) is 0. The van der Waals surface area contributed by atoms with Gasteiger partial charge in [0.2, 0.25) is 5.75 Å². The van der Waals surface area contributed by atoms with Crippen LogP contribution in [0, 0.1) is 0 Å². The van der Waals surface area contributed by atoms with Gasteiger partial charge >= 0.3 is 0 Å². The van der Waals surface area contributed by atoms with Crippen LogP contribution >= 0.6 is 7.14 Å². The summed E-state index contributed by atoms with van der Waals surface area (Å²) in [6.45, 7) is 3.83. The summed E-state index contributed by atoms with van der Waals surface area (Å²) < 4.78 is 44.1. The normalized spacial score (nSPS) is 12.9. The minimum atomic E-state index is -3.60. The van der Waals surface area contributed by atoms with Gasteiger partial charge in [-0.25, -0.2) is 0 Å². The summed E-state index contributed by atoms with van der Waals surface area (Å²) in [7, 11) is 2.55. The largest absolute Gasteiger partial charge is 0.493 e. The number of aliphatic hydroxyl groups is 1. The lowest BCUT2D eigenvalue weighted by Gasteiger charge is -2.33. The van der Waals surface area contributed by atoms with E-state index in [1.165, 1.54) is 21.3 Å². The van der Waals surface area contributed by atoms with Crippen LogP contribution in [0.2, 0.25) is 0 Å². The van der Waals surface area contributed by atoms with Crippen LogP contribution in [0.15, 0.2) is 91.0 Å². The average Bonchev–Trinajstić information content (AvgIpc) is 3.00. The number of aliphatic hydroxyl groups excluding tert-OH is 1. The zero-order valence-electron chi connectivity index (χ0n) is 24.2. The van der Waals surface area contributed by atoms with E-state index in [0.29, 0.717) is 50.5 Å². The highest BCUT2D eigenvalue weighted by molar-refractivity contribution is 7.79. The molecule has 4 aromatic carbocycles. The van der Waals surface area contributed by atoms with Crippen LogP contribution < -0.4 is 34.3 Å². The van der Waals surface area contributed by atoms with E-state index in [-0.39, 0.29) is 6.10 Å². The van der Waals surface area contributed by atoms with E-state index >= 15 is 4.57 Å². The van der Waals surface area contributed by atoms with Gasteiger partial charge in [0.25, 0.3) is 0 Å². The molecule has 0 spiro atoms. The quantitative estimate of drug-likeness (QED) is 0.198. The molecule has 7 nitrogen and oxygen atoms in total. The Balaban J connectivity index is 2.05. The van der Waals surface area contributed by atoms with Crippen molar-refractivity contribution in [1.29, 1.82) is 0 Å². The molecule has 4 rings (SSSR count). The molecule has 0 saturated heterocycles. The molecule has 0 aliphatic carbocycles. The number of benzene rings is 4. The van der Waals surface area contributed by atoms with Gasteiger partial charge in [-0.15, -0.1) is 0 Å². The molecule has 0 unspecified atom stereocenters. The molecule has 0 radical (unpaired) electrons. The summed E-state index contributed by atoms with van der Waals surface area (Å²) in [6.07, 6.45) is -1.36. The van der Waals surface area contributed by atoms with Crippen molar-refractivity contribution in [3.05, 3.63) is 102 Å². The minimum absolute atomic E-state index is 0.123. The fraction of sp³-hybridized carbons (Fsp3) is 0.273. The van der Waals surface area contributed by atoms with Gasteiger partial charge in [0.1, 0.15) is 0 Å². The van der Waals surface area contributed by atoms with Gasteiger partial charge in [-0.1, -0.05) is 66.7 Å². The molecule has 0 saturated carbocycles. The number of rotatable bonds is 12. The maximum Gasteiger partial charge on any atom is 0.203 e. The van der Waals surface area contributed by atoms with E-state index in [1.807, 2.05) is 74.5 Å². The number of methoxy groups -OCH3 is 4. The number of ether oxygens (including phenoxy) is 5. The van der Waals surface area contributed by atoms with Crippen LogP contribution in [0.4, 0.5) is 0 Å². The van der Waals surface area contributed by atoms with Crippen LogP contribution in [0.3, 0.4) is 0 Å². The molecule has 0 fully saturated rings. The molecule has 0 aliphatic heterocycles. The SMILES string of the molecule is COc1ccc([C@@H](O)[C@H](c2cc(OC)c(OC)c(OC)c2)P(=O)(c2ccccc2)c2ccccc2)cc1OC(C)C. The van der Waals surface area contributed by atoms with Crippen LogP contribution in [0.25, 0.3) is 0 Å². The predicted octanol–water partition coefficient (Wildman–Crippen LogP) is 6.30. The fourth-order valence-electron chi connectivity index (χ4n) is 5.04. The first kappa shape index (κ1) is 30.0. The van der Waals surface area contributed by atoms with E-state index < -0.39 is 18.9 Å². The molecule has 8 heteroatoms. The lowest BCUT2D eigenvalue weighted by Crippen LogP contribution is -2.25. The number of hydrogen-bond acceptors (Lipinski definition) is 7. The summed E-state index contributed by atoms with van der Waals surface area (Å²) in [5, 5.41) is 13.5. The van der Waals surface area contributed by atoms with E-state index in [1.54, 1.807) is 37.4 Å². The van der Waals surface area contributed by atoms with Crippen molar-refractivity contribution in [1.82, 2.24) is 0 Å². The predicted molar refractivity (Wildman–Crippen MR) is 162 cm³/mol. The van der Waals surface area contributed by atoms with Crippen molar-refractivity contribution < 1.29 is 33.4 Å². The highest BCUT2D eigenvalue weighted by Gasteiger charge is 2.43. The summed E-state index contributed by atoms with van der Waals surface area (Å²) in [5.41, 5.74) is 0.138. The molecule has 4 aromatic rings. The third-order valence-electron chi connectivity index (χ3n) is 6.89. The van der Waals surface area contributed by atoms with Crippen LogP contribution in [-0.2, 0) is 4.57 Å². The topological polar surface area (TPSA) is 83.5 Å². The molecule has 2 atom stereocenters. The molecule has 41 heavy (non-hydrogen) atoms. The monoisotopic (exact) mass is 576 g/mol. The van der Waals surface area contributed by atoms with Gasteiger partial charge < -0.3 is 33.4 Å². The highest BCUT2D eigenvalue weighted by Crippen LogP contribution is 2.63. The van der Waals surface area contributed by atoms with Crippen molar-refractivity contribution in [3.63, 3.8) is 0 Å². The Morgan fingerprint density at radius 2 is 1.10 bits per heavy atom. The molecule has 0 bridgehead atoms.